The van der Waals surface area contributed by atoms with Crippen molar-refractivity contribution in [2.24, 2.45) is 0 Å². The molecule has 4 nitrogen and oxygen atoms in total. The van der Waals surface area contributed by atoms with Crippen molar-refractivity contribution in [2.75, 3.05) is 13.1 Å². The average Bonchev–Trinajstić information content (AvgIpc) is 2.90. The Hall–Kier alpha value is -1.20. The van der Waals surface area contributed by atoms with Crippen molar-refractivity contribution in [3.05, 3.63) is 34.7 Å². The van der Waals surface area contributed by atoms with E-state index in [1.54, 1.807) is 12.4 Å². The number of rotatable bonds is 2. The van der Waals surface area contributed by atoms with Gasteiger partial charge in [0.2, 0.25) is 0 Å². The fraction of sp³-hybridized carbons (Fsp3) is 0.385. The van der Waals surface area contributed by atoms with E-state index in [0.29, 0.717) is 5.92 Å². The highest BCUT2D eigenvalue weighted by molar-refractivity contribution is 9.10. The van der Waals surface area contributed by atoms with Crippen LogP contribution in [0, 0.1) is 0 Å². The van der Waals surface area contributed by atoms with Gasteiger partial charge in [-0.1, -0.05) is 0 Å². The van der Waals surface area contributed by atoms with Crippen LogP contribution in [0.1, 0.15) is 24.5 Å². The molecule has 1 aliphatic heterocycles. The van der Waals surface area contributed by atoms with Gasteiger partial charge in [0.15, 0.2) is 0 Å². The SMILES string of the molecule is Brc1cnccc1-c1cc(C2CCNCC2)[nH]n1. The maximum atomic E-state index is 4.42. The molecule has 18 heavy (non-hydrogen) atoms. The number of hydrogen-bond donors (Lipinski definition) is 2. The van der Waals surface area contributed by atoms with Gasteiger partial charge in [-0.2, -0.15) is 5.10 Å². The minimum Gasteiger partial charge on any atom is -0.317 e. The first kappa shape index (κ1) is 11.9. The fourth-order valence-corrected chi connectivity index (χ4v) is 2.85. The Balaban J connectivity index is 1.87. The van der Waals surface area contributed by atoms with E-state index in [1.807, 2.05) is 6.07 Å². The predicted molar refractivity (Wildman–Crippen MR) is 74.4 cm³/mol. The number of nitrogens with zero attached hydrogens (tertiary/aromatic N) is 2. The summed E-state index contributed by atoms with van der Waals surface area (Å²) in [6.45, 7) is 2.19. The number of pyridine rings is 1. The van der Waals surface area contributed by atoms with Gasteiger partial charge in [0.25, 0.3) is 0 Å². The maximum absolute atomic E-state index is 4.42. The van der Waals surface area contributed by atoms with E-state index in [1.165, 1.54) is 18.5 Å². The smallest absolute Gasteiger partial charge is 0.0936 e. The van der Waals surface area contributed by atoms with Gasteiger partial charge in [0.05, 0.1) is 5.69 Å². The van der Waals surface area contributed by atoms with E-state index in [-0.39, 0.29) is 0 Å². The highest BCUT2D eigenvalue weighted by Crippen LogP contribution is 2.30. The van der Waals surface area contributed by atoms with Crippen LogP contribution in [0.5, 0.6) is 0 Å². The Labute approximate surface area is 114 Å². The molecule has 0 aromatic carbocycles. The van der Waals surface area contributed by atoms with Crippen LogP contribution in [-0.2, 0) is 0 Å². The molecule has 2 aromatic rings. The quantitative estimate of drug-likeness (QED) is 0.897. The molecule has 0 radical (unpaired) electrons. The van der Waals surface area contributed by atoms with Crippen LogP contribution in [0.3, 0.4) is 0 Å². The normalized spacial score (nSPS) is 16.9. The standard InChI is InChI=1S/C13H15BrN4/c14-11-8-16-6-3-10(11)13-7-12(17-18-13)9-1-4-15-5-2-9/h3,6-9,15H,1-2,4-5H2,(H,17,18). The van der Waals surface area contributed by atoms with Crippen molar-refractivity contribution in [1.82, 2.24) is 20.5 Å². The molecule has 0 saturated carbocycles. The highest BCUT2D eigenvalue weighted by Gasteiger charge is 2.18. The maximum Gasteiger partial charge on any atom is 0.0936 e. The van der Waals surface area contributed by atoms with Crippen molar-refractivity contribution in [2.45, 2.75) is 18.8 Å². The van der Waals surface area contributed by atoms with Gasteiger partial charge in [0, 0.05) is 34.0 Å². The van der Waals surface area contributed by atoms with E-state index in [0.717, 1.165) is 28.8 Å². The molecule has 5 heteroatoms. The molecule has 0 unspecified atom stereocenters. The van der Waals surface area contributed by atoms with Gasteiger partial charge < -0.3 is 5.32 Å². The van der Waals surface area contributed by atoms with E-state index in [4.69, 9.17) is 0 Å². The Kier molecular flexibility index (Phi) is 3.43. The zero-order chi connectivity index (χ0) is 12.4. The lowest BCUT2D eigenvalue weighted by Gasteiger charge is -2.20. The molecule has 1 saturated heterocycles. The molecule has 0 atom stereocenters. The second-order valence-electron chi connectivity index (χ2n) is 4.59. The van der Waals surface area contributed by atoms with E-state index < -0.39 is 0 Å². The van der Waals surface area contributed by atoms with Crippen LogP contribution in [0.15, 0.2) is 29.0 Å². The summed E-state index contributed by atoms with van der Waals surface area (Å²) in [4.78, 5) is 4.07. The molecule has 3 rings (SSSR count). The molecule has 1 aliphatic rings. The summed E-state index contributed by atoms with van der Waals surface area (Å²) in [6, 6.07) is 4.14. The first-order valence-corrected chi connectivity index (χ1v) is 7.00. The summed E-state index contributed by atoms with van der Waals surface area (Å²) in [5.41, 5.74) is 3.31. The number of H-pyrrole nitrogens is 1. The lowest BCUT2D eigenvalue weighted by Crippen LogP contribution is -2.26. The van der Waals surface area contributed by atoms with Crippen LogP contribution in [0.25, 0.3) is 11.3 Å². The third-order valence-corrected chi connectivity index (χ3v) is 4.06. The highest BCUT2D eigenvalue weighted by atomic mass is 79.9. The summed E-state index contributed by atoms with van der Waals surface area (Å²) in [7, 11) is 0. The van der Waals surface area contributed by atoms with Crippen molar-refractivity contribution < 1.29 is 0 Å². The lowest BCUT2D eigenvalue weighted by molar-refractivity contribution is 0.453. The monoisotopic (exact) mass is 306 g/mol. The lowest BCUT2D eigenvalue weighted by atomic mass is 9.94. The fourth-order valence-electron chi connectivity index (χ4n) is 2.40. The number of halogens is 1. The first-order chi connectivity index (χ1) is 8.84. The molecule has 94 valence electrons. The Morgan fingerprint density at radius 1 is 1.28 bits per heavy atom. The molecule has 2 aromatic heterocycles. The zero-order valence-electron chi connectivity index (χ0n) is 9.99. The van der Waals surface area contributed by atoms with Crippen LogP contribution >= 0.6 is 15.9 Å². The van der Waals surface area contributed by atoms with Crippen molar-refractivity contribution in [3.63, 3.8) is 0 Å². The second kappa shape index (κ2) is 5.20. The van der Waals surface area contributed by atoms with E-state index in [9.17, 15) is 0 Å². The summed E-state index contributed by atoms with van der Waals surface area (Å²) in [5.74, 6) is 0.605. The molecule has 0 amide bonds. The largest absolute Gasteiger partial charge is 0.317 e. The topological polar surface area (TPSA) is 53.6 Å². The van der Waals surface area contributed by atoms with Crippen molar-refractivity contribution in [3.8, 4) is 11.3 Å². The summed E-state index contributed by atoms with van der Waals surface area (Å²) in [5, 5.41) is 11.0. The predicted octanol–water partition coefficient (Wildman–Crippen LogP) is 2.70. The molecule has 0 bridgehead atoms. The van der Waals surface area contributed by atoms with E-state index in [2.05, 4.69) is 42.5 Å². The Morgan fingerprint density at radius 2 is 2.11 bits per heavy atom. The van der Waals surface area contributed by atoms with Crippen molar-refractivity contribution >= 4 is 15.9 Å². The van der Waals surface area contributed by atoms with Gasteiger partial charge in [0.1, 0.15) is 0 Å². The van der Waals surface area contributed by atoms with Crippen LogP contribution in [-0.4, -0.2) is 28.3 Å². The van der Waals surface area contributed by atoms with Gasteiger partial charge in [-0.25, -0.2) is 0 Å². The minimum atomic E-state index is 0.605. The summed E-state index contributed by atoms with van der Waals surface area (Å²) >= 11 is 3.51. The Morgan fingerprint density at radius 3 is 2.89 bits per heavy atom. The minimum absolute atomic E-state index is 0.605. The molecular weight excluding hydrogens is 292 g/mol. The summed E-state index contributed by atoms with van der Waals surface area (Å²) < 4.78 is 0.980. The average molecular weight is 307 g/mol. The van der Waals surface area contributed by atoms with E-state index >= 15 is 0 Å². The molecule has 1 fully saturated rings. The van der Waals surface area contributed by atoms with Gasteiger partial charge in [-0.05, 0) is 54.0 Å². The van der Waals surface area contributed by atoms with Gasteiger partial charge >= 0.3 is 0 Å². The second-order valence-corrected chi connectivity index (χ2v) is 5.44. The number of hydrogen-bond acceptors (Lipinski definition) is 3. The molecule has 0 aliphatic carbocycles. The number of aromatic amines is 1. The molecular formula is C13H15BrN4. The number of nitrogens with one attached hydrogen (secondary N) is 2. The molecule has 2 N–H and O–H groups in total. The Bertz CT molecular complexity index is 531. The third kappa shape index (κ3) is 2.33. The van der Waals surface area contributed by atoms with Gasteiger partial charge in [-0.3, -0.25) is 10.1 Å². The van der Waals surface area contributed by atoms with Crippen LogP contribution in [0.2, 0.25) is 0 Å². The zero-order valence-corrected chi connectivity index (χ0v) is 11.6. The van der Waals surface area contributed by atoms with Crippen LogP contribution in [0.4, 0.5) is 0 Å². The summed E-state index contributed by atoms with van der Waals surface area (Å²) in [6.07, 6.45) is 5.95. The molecule has 0 spiro atoms. The number of aromatic nitrogens is 3. The van der Waals surface area contributed by atoms with Gasteiger partial charge in [-0.15, -0.1) is 0 Å². The number of piperidine rings is 1. The van der Waals surface area contributed by atoms with Crippen molar-refractivity contribution in [1.29, 1.82) is 0 Å². The molecule has 3 heterocycles. The first-order valence-electron chi connectivity index (χ1n) is 6.20. The van der Waals surface area contributed by atoms with Crippen LogP contribution < -0.4 is 5.32 Å². The third-order valence-electron chi connectivity index (χ3n) is 3.43.